The fourth-order valence-electron chi connectivity index (χ4n) is 3.90. The van der Waals surface area contributed by atoms with Crippen LogP contribution < -0.4 is 5.32 Å². The van der Waals surface area contributed by atoms with Crippen molar-refractivity contribution in [2.75, 3.05) is 13.1 Å². The van der Waals surface area contributed by atoms with Crippen LogP contribution in [0.25, 0.3) is 20.2 Å². The highest BCUT2D eigenvalue weighted by molar-refractivity contribution is 7.25. The standard InChI is InChI=1S/C24H25NOS/c1-3-25-16-17(2)24(26,18-9-5-4-6-10-18)19-13-14-23-21(15-19)20-11-7-8-12-22(20)27-23/h4-15,17,25-26H,3,16H2,1-2H3. The van der Waals surface area contributed by atoms with E-state index in [0.717, 1.165) is 24.2 Å². The van der Waals surface area contributed by atoms with Gasteiger partial charge in [0.05, 0.1) is 0 Å². The summed E-state index contributed by atoms with van der Waals surface area (Å²) in [5.41, 5.74) is 0.852. The van der Waals surface area contributed by atoms with E-state index in [1.165, 1.54) is 20.2 Å². The highest BCUT2D eigenvalue weighted by Crippen LogP contribution is 2.41. The first kappa shape index (κ1) is 18.2. The molecular formula is C24H25NOS. The topological polar surface area (TPSA) is 32.3 Å². The Bertz CT molecular complexity index is 1060. The van der Waals surface area contributed by atoms with Gasteiger partial charge in [-0.15, -0.1) is 11.3 Å². The fraction of sp³-hybridized carbons (Fsp3) is 0.250. The Morgan fingerprint density at radius 2 is 1.59 bits per heavy atom. The number of rotatable bonds is 6. The predicted octanol–water partition coefficient (Wildman–Crippen LogP) is 5.54. The molecule has 3 heteroatoms. The van der Waals surface area contributed by atoms with Gasteiger partial charge < -0.3 is 10.4 Å². The van der Waals surface area contributed by atoms with Gasteiger partial charge in [0.15, 0.2) is 0 Å². The molecular weight excluding hydrogens is 350 g/mol. The first-order chi connectivity index (χ1) is 13.1. The molecule has 0 aliphatic carbocycles. The molecule has 0 radical (unpaired) electrons. The molecule has 0 aliphatic rings. The number of aliphatic hydroxyl groups is 1. The smallest absolute Gasteiger partial charge is 0.118 e. The number of hydrogen-bond acceptors (Lipinski definition) is 3. The highest BCUT2D eigenvalue weighted by atomic mass is 32.1. The van der Waals surface area contributed by atoms with E-state index in [1.807, 2.05) is 30.3 Å². The third kappa shape index (κ3) is 3.16. The van der Waals surface area contributed by atoms with E-state index in [-0.39, 0.29) is 5.92 Å². The van der Waals surface area contributed by atoms with Crippen molar-refractivity contribution >= 4 is 31.5 Å². The molecule has 0 saturated heterocycles. The zero-order valence-electron chi connectivity index (χ0n) is 15.8. The summed E-state index contributed by atoms with van der Waals surface area (Å²) >= 11 is 1.81. The lowest BCUT2D eigenvalue weighted by Crippen LogP contribution is -2.40. The van der Waals surface area contributed by atoms with Crippen molar-refractivity contribution in [3.05, 3.63) is 83.9 Å². The molecule has 2 nitrogen and oxygen atoms in total. The Hall–Kier alpha value is -2.20. The van der Waals surface area contributed by atoms with E-state index in [9.17, 15) is 5.11 Å². The third-order valence-corrected chi connectivity index (χ3v) is 6.60. The molecule has 2 atom stereocenters. The van der Waals surface area contributed by atoms with Crippen LogP contribution in [0.5, 0.6) is 0 Å². The van der Waals surface area contributed by atoms with E-state index in [0.29, 0.717) is 0 Å². The minimum atomic E-state index is -1.04. The quantitative estimate of drug-likeness (QED) is 0.464. The van der Waals surface area contributed by atoms with E-state index in [2.05, 4.69) is 61.6 Å². The van der Waals surface area contributed by atoms with Crippen LogP contribution in [0.2, 0.25) is 0 Å². The normalized spacial score (nSPS) is 15.1. The molecule has 0 bridgehead atoms. The van der Waals surface area contributed by atoms with Crippen LogP contribution in [0.4, 0.5) is 0 Å². The largest absolute Gasteiger partial charge is 0.380 e. The van der Waals surface area contributed by atoms with Crippen molar-refractivity contribution in [3.8, 4) is 0 Å². The fourth-order valence-corrected chi connectivity index (χ4v) is 4.99. The van der Waals surface area contributed by atoms with Crippen molar-refractivity contribution in [2.45, 2.75) is 19.4 Å². The zero-order valence-corrected chi connectivity index (χ0v) is 16.6. The van der Waals surface area contributed by atoms with Gasteiger partial charge in [0.25, 0.3) is 0 Å². The predicted molar refractivity (Wildman–Crippen MR) is 116 cm³/mol. The molecule has 3 aromatic carbocycles. The summed E-state index contributed by atoms with van der Waals surface area (Å²) in [5, 5.41) is 17.9. The summed E-state index contributed by atoms with van der Waals surface area (Å²) in [6.07, 6.45) is 0. The lowest BCUT2D eigenvalue weighted by atomic mass is 9.76. The van der Waals surface area contributed by atoms with E-state index < -0.39 is 5.60 Å². The van der Waals surface area contributed by atoms with Crippen LogP contribution in [0.15, 0.2) is 72.8 Å². The van der Waals surface area contributed by atoms with E-state index in [1.54, 1.807) is 11.3 Å². The molecule has 0 fully saturated rings. The van der Waals surface area contributed by atoms with Crippen molar-refractivity contribution in [1.29, 1.82) is 0 Å². The van der Waals surface area contributed by atoms with Crippen LogP contribution in [0.1, 0.15) is 25.0 Å². The van der Waals surface area contributed by atoms with Crippen molar-refractivity contribution in [2.24, 2.45) is 5.92 Å². The van der Waals surface area contributed by atoms with Gasteiger partial charge in [-0.2, -0.15) is 0 Å². The van der Waals surface area contributed by atoms with Gasteiger partial charge in [-0.05, 0) is 35.9 Å². The number of hydrogen-bond donors (Lipinski definition) is 2. The summed E-state index contributed by atoms with van der Waals surface area (Å²) < 4.78 is 2.54. The highest BCUT2D eigenvalue weighted by Gasteiger charge is 2.37. The van der Waals surface area contributed by atoms with E-state index >= 15 is 0 Å². The molecule has 2 N–H and O–H groups in total. The Balaban J connectivity index is 1.90. The van der Waals surface area contributed by atoms with Gasteiger partial charge in [0, 0.05) is 32.6 Å². The van der Waals surface area contributed by atoms with Crippen LogP contribution in [-0.4, -0.2) is 18.2 Å². The van der Waals surface area contributed by atoms with Crippen LogP contribution in [-0.2, 0) is 5.60 Å². The molecule has 27 heavy (non-hydrogen) atoms. The average Bonchev–Trinajstić information content (AvgIpc) is 3.10. The number of thiophene rings is 1. The molecule has 0 amide bonds. The second kappa shape index (κ2) is 7.43. The van der Waals surface area contributed by atoms with Gasteiger partial charge in [0.2, 0.25) is 0 Å². The maximum atomic E-state index is 12.0. The Labute approximate surface area is 164 Å². The van der Waals surface area contributed by atoms with Crippen LogP contribution in [0.3, 0.4) is 0 Å². The molecule has 1 aromatic heterocycles. The second-order valence-corrected chi connectivity index (χ2v) is 8.23. The summed E-state index contributed by atoms with van der Waals surface area (Å²) in [6.45, 7) is 5.86. The summed E-state index contributed by atoms with van der Waals surface area (Å²) in [5.74, 6) is 0.0298. The maximum Gasteiger partial charge on any atom is 0.118 e. The monoisotopic (exact) mass is 375 g/mol. The molecule has 1 heterocycles. The molecule has 0 saturated carbocycles. The Kier molecular flexibility index (Phi) is 5.00. The van der Waals surface area contributed by atoms with Crippen molar-refractivity contribution in [1.82, 2.24) is 5.32 Å². The van der Waals surface area contributed by atoms with Gasteiger partial charge in [-0.3, -0.25) is 0 Å². The molecule has 4 aromatic rings. The summed E-state index contributed by atoms with van der Waals surface area (Å²) in [7, 11) is 0. The van der Waals surface area contributed by atoms with Crippen molar-refractivity contribution in [3.63, 3.8) is 0 Å². The first-order valence-corrected chi connectivity index (χ1v) is 10.4. The average molecular weight is 376 g/mol. The second-order valence-electron chi connectivity index (χ2n) is 7.15. The molecule has 4 rings (SSSR count). The minimum absolute atomic E-state index is 0.0298. The third-order valence-electron chi connectivity index (χ3n) is 5.44. The minimum Gasteiger partial charge on any atom is -0.380 e. The van der Waals surface area contributed by atoms with Crippen LogP contribution >= 0.6 is 11.3 Å². The van der Waals surface area contributed by atoms with Crippen molar-refractivity contribution < 1.29 is 5.11 Å². The Morgan fingerprint density at radius 1 is 0.889 bits per heavy atom. The lowest BCUT2D eigenvalue weighted by Gasteiger charge is -2.35. The van der Waals surface area contributed by atoms with Crippen LogP contribution in [0, 0.1) is 5.92 Å². The SMILES string of the molecule is CCNCC(C)C(O)(c1ccccc1)c1ccc2sc3ccccc3c2c1. The molecule has 138 valence electrons. The molecule has 2 unspecified atom stereocenters. The number of benzene rings is 3. The van der Waals surface area contributed by atoms with Gasteiger partial charge >= 0.3 is 0 Å². The maximum absolute atomic E-state index is 12.0. The number of nitrogens with one attached hydrogen (secondary N) is 1. The van der Waals surface area contributed by atoms with Gasteiger partial charge in [-0.1, -0.05) is 68.4 Å². The first-order valence-electron chi connectivity index (χ1n) is 9.55. The van der Waals surface area contributed by atoms with Gasteiger partial charge in [0.1, 0.15) is 5.60 Å². The Morgan fingerprint density at radius 3 is 2.37 bits per heavy atom. The molecule has 0 spiro atoms. The van der Waals surface area contributed by atoms with E-state index in [4.69, 9.17) is 0 Å². The van der Waals surface area contributed by atoms with Gasteiger partial charge in [-0.25, -0.2) is 0 Å². The lowest BCUT2D eigenvalue weighted by molar-refractivity contribution is 0.0244. The summed E-state index contributed by atoms with van der Waals surface area (Å²) in [6, 6.07) is 25.0. The zero-order chi connectivity index (χ0) is 18.9. The number of fused-ring (bicyclic) bond motifs is 3. The summed E-state index contributed by atoms with van der Waals surface area (Å²) in [4.78, 5) is 0. The molecule has 0 aliphatic heterocycles.